The Morgan fingerprint density at radius 1 is 1.12 bits per heavy atom. The van der Waals surface area contributed by atoms with Gasteiger partial charge in [0.05, 0.1) is 42.0 Å². The molecule has 4 aromatic rings. The molecule has 1 aliphatic heterocycles. The van der Waals surface area contributed by atoms with E-state index < -0.39 is 5.91 Å². The number of hydrogen-bond donors (Lipinski definition) is 2. The van der Waals surface area contributed by atoms with Gasteiger partial charge in [0.25, 0.3) is 11.8 Å². The Morgan fingerprint density at radius 3 is 2.64 bits per heavy atom. The number of aromatic nitrogens is 4. The zero-order valence-corrected chi connectivity index (χ0v) is 18.1. The maximum Gasteiger partial charge on any atom is 0.274 e. The van der Waals surface area contributed by atoms with E-state index in [2.05, 4.69) is 15.4 Å². The minimum Gasteiger partial charge on any atom is -0.396 e. The number of carbonyl (C=O) groups excluding carboxylic acids is 2. The number of pyridine rings is 1. The summed E-state index contributed by atoms with van der Waals surface area (Å²) in [6.45, 7) is 1.89. The van der Waals surface area contributed by atoms with Crippen LogP contribution in [0.1, 0.15) is 20.8 Å². The lowest BCUT2D eigenvalue weighted by Gasteiger charge is -2.26. The number of aryl methyl sites for hydroxylation is 1. The molecular weight excluding hydrogens is 422 g/mol. The van der Waals surface area contributed by atoms with Crippen LogP contribution in [0.15, 0.2) is 55.0 Å². The number of benzene rings is 1. The maximum atomic E-state index is 13.2. The van der Waals surface area contributed by atoms with Gasteiger partial charge in [-0.2, -0.15) is 5.10 Å². The van der Waals surface area contributed by atoms with Gasteiger partial charge in [-0.25, -0.2) is 4.98 Å². The van der Waals surface area contributed by atoms with Crippen molar-refractivity contribution in [2.45, 2.75) is 0 Å². The molecule has 1 aromatic carbocycles. The summed E-state index contributed by atoms with van der Waals surface area (Å²) in [4.78, 5) is 32.4. The second kappa shape index (κ2) is 8.40. The molecule has 0 unspecified atom stereocenters. The number of anilines is 2. The molecule has 1 aliphatic rings. The fourth-order valence-corrected chi connectivity index (χ4v) is 3.89. The minimum atomic E-state index is -0.475. The average molecular weight is 445 g/mol. The second-order valence-electron chi connectivity index (χ2n) is 7.79. The molecule has 10 nitrogen and oxygen atoms in total. The van der Waals surface area contributed by atoms with Crippen LogP contribution in [0.4, 0.5) is 11.4 Å². The lowest BCUT2D eigenvalue weighted by molar-refractivity contribution is 0.0302. The van der Waals surface area contributed by atoms with Crippen molar-refractivity contribution in [1.29, 1.82) is 0 Å². The van der Waals surface area contributed by atoms with Crippen LogP contribution in [0, 0.1) is 0 Å². The van der Waals surface area contributed by atoms with Gasteiger partial charge in [0.15, 0.2) is 0 Å². The zero-order chi connectivity index (χ0) is 22.9. The first kappa shape index (κ1) is 20.7. The van der Waals surface area contributed by atoms with Crippen molar-refractivity contribution in [3.05, 3.63) is 66.2 Å². The molecule has 0 bridgehead atoms. The summed E-state index contributed by atoms with van der Waals surface area (Å²) < 4.78 is 8.51. The van der Waals surface area contributed by atoms with Gasteiger partial charge in [-0.15, -0.1) is 0 Å². The number of nitrogens with one attached hydrogen (secondary N) is 1. The number of morpholine rings is 1. The number of imidazole rings is 1. The van der Waals surface area contributed by atoms with Crippen LogP contribution in [0.2, 0.25) is 0 Å². The summed E-state index contributed by atoms with van der Waals surface area (Å²) >= 11 is 0. The Morgan fingerprint density at radius 2 is 1.88 bits per heavy atom. The van der Waals surface area contributed by atoms with Crippen LogP contribution in [0.5, 0.6) is 0 Å². The van der Waals surface area contributed by atoms with Gasteiger partial charge in [-0.05, 0) is 0 Å². The van der Waals surface area contributed by atoms with Crippen molar-refractivity contribution < 1.29 is 14.3 Å². The normalized spacial score (nSPS) is 13.9. The standard InChI is InChI=1S/C23H23N7O3/c1-28-21(16(12-25-28)23(32)29-7-9-33-10-8-29)22(31)27-18-11-20-26-19(14-30(20)13-17(18)24)15-5-3-2-4-6-15/h2-6,11-14H,7-10,24H2,1H3,(H,27,31). The number of amides is 2. The summed E-state index contributed by atoms with van der Waals surface area (Å²) in [5.74, 6) is -0.724. The van der Waals surface area contributed by atoms with E-state index in [0.717, 1.165) is 11.3 Å². The molecule has 3 N–H and O–H groups in total. The Bertz CT molecular complexity index is 1340. The third-order valence-electron chi connectivity index (χ3n) is 5.62. The highest BCUT2D eigenvalue weighted by Gasteiger charge is 2.27. The first-order valence-corrected chi connectivity index (χ1v) is 10.6. The van der Waals surface area contributed by atoms with Crippen LogP contribution < -0.4 is 11.1 Å². The van der Waals surface area contributed by atoms with Gasteiger partial charge < -0.3 is 25.1 Å². The number of hydrogen-bond acceptors (Lipinski definition) is 6. The Balaban J connectivity index is 1.43. The minimum absolute atomic E-state index is 0.166. The zero-order valence-electron chi connectivity index (χ0n) is 18.1. The lowest BCUT2D eigenvalue weighted by atomic mass is 10.2. The van der Waals surface area contributed by atoms with Crippen LogP contribution in [-0.4, -0.2) is 62.2 Å². The monoisotopic (exact) mass is 445 g/mol. The van der Waals surface area contributed by atoms with E-state index in [0.29, 0.717) is 43.3 Å². The van der Waals surface area contributed by atoms with E-state index >= 15 is 0 Å². The van der Waals surface area contributed by atoms with E-state index in [1.165, 1.54) is 10.9 Å². The molecule has 1 fully saturated rings. The topological polar surface area (TPSA) is 120 Å². The van der Waals surface area contributed by atoms with Crippen molar-refractivity contribution in [3.63, 3.8) is 0 Å². The quantitative estimate of drug-likeness (QED) is 0.496. The van der Waals surface area contributed by atoms with Crippen molar-refractivity contribution in [2.75, 3.05) is 37.4 Å². The molecule has 0 saturated carbocycles. The predicted molar refractivity (Wildman–Crippen MR) is 123 cm³/mol. The maximum absolute atomic E-state index is 13.2. The van der Waals surface area contributed by atoms with Gasteiger partial charge in [0.2, 0.25) is 0 Å². The van der Waals surface area contributed by atoms with Gasteiger partial charge in [0.1, 0.15) is 11.3 Å². The third-order valence-corrected chi connectivity index (χ3v) is 5.62. The molecule has 3 aromatic heterocycles. The Labute approximate surface area is 189 Å². The number of carbonyl (C=O) groups is 2. The predicted octanol–water partition coefficient (Wildman–Crippen LogP) is 2.04. The molecule has 33 heavy (non-hydrogen) atoms. The van der Waals surface area contributed by atoms with E-state index in [9.17, 15) is 9.59 Å². The number of nitrogen functional groups attached to an aromatic ring is 1. The highest BCUT2D eigenvalue weighted by Crippen LogP contribution is 2.25. The van der Waals surface area contributed by atoms with Gasteiger partial charge in [-0.1, -0.05) is 30.3 Å². The molecule has 0 atom stereocenters. The second-order valence-corrected chi connectivity index (χ2v) is 7.79. The summed E-state index contributed by atoms with van der Waals surface area (Å²) in [6, 6.07) is 11.5. The summed E-state index contributed by atoms with van der Waals surface area (Å²) in [5, 5.41) is 6.95. The summed E-state index contributed by atoms with van der Waals surface area (Å²) in [6.07, 6.45) is 5.00. The van der Waals surface area contributed by atoms with E-state index in [1.54, 1.807) is 24.2 Å². The highest BCUT2D eigenvalue weighted by atomic mass is 16.5. The SMILES string of the molecule is Cn1ncc(C(=O)N2CCOCC2)c1C(=O)Nc1cc2nc(-c3ccccc3)cn2cc1N. The molecule has 10 heteroatoms. The first-order chi connectivity index (χ1) is 16.0. The van der Waals surface area contributed by atoms with Crippen LogP contribution in [0.25, 0.3) is 16.9 Å². The Hall–Kier alpha value is -4.18. The van der Waals surface area contributed by atoms with Crippen LogP contribution in [0.3, 0.4) is 0 Å². The van der Waals surface area contributed by atoms with Gasteiger partial charge in [-0.3, -0.25) is 14.3 Å². The number of ether oxygens (including phenoxy) is 1. The van der Waals surface area contributed by atoms with Crippen molar-refractivity contribution in [3.8, 4) is 11.3 Å². The summed E-state index contributed by atoms with van der Waals surface area (Å²) in [7, 11) is 1.62. The van der Waals surface area contributed by atoms with Gasteiger partial charge >= 0.3 is 0 Å². The van der Waals surface area contributed by atoms with E-state index in [1.807, 2.05) is 40.9 Å². The van der Waals surface area contributed by atoms with Crippen molar-refractivity contribution in [1.82, 2.24) is 24.1 Å². The highest BCUT2D eigenvalue weighted by molar-refractivity contribution is 6.12. The molecule has 0 radical (unpaired) electrons. The molecular formula is C23H23N7O3. The molecule has 4 heterocycles. The van der Waals surface area contributed by atoms with Gasteiger partial charge in [0, 0.05) is 44.2 Å². The number of fused-ring (bicyclic) bond motifs is 1. The molecule has 1 saturated heterocycles. The van der Waals surface area contributed by atoms with Crippen LogP contribution in [-0.2, 0) is 11.8 Å². The molecule has 2 amide bonds. The van der Waals surface area contributed by atoms with Crippen molar-refractivity contribution in [2.24, 2.45) is 7.05 Å². The van der Waals surface area contributed by atoms with Crippen molar-refractivity contribution >= 4 is 28.8 Å². The van der Waals surface area contributed by atoms with E-state index in [4.69, 9.17) is 10.5 Å². The smallest absolute Gasteiger partial charge is 0.274 e. The summed E-state index contributed by atoms with van der Waals surface area (Å²) in [5.41, 5.74) is 9.80. The third kappa shape index (κ3) is 3.92. The fourth-order valence-electron chi connectivity index (χ4n) is 3.89. The largest absolute Gasteiger partial charge is 0.396 e. The van der Waals surface area contributed by atoms with Crippen LogP contribution >= 0.6 is 0 Å². The number of nitrogens with zero attached hydrogens (tertiary/aromatic N) is 5. The number of nitrogens with two attached hydrogens (primary N) is 1. The molecule has 0 spiro atoms. The lowest BCUT2D eigenvalue weighted by Crippen LogP contribution is -2.41. The Kier molecular flexibility index (Phi) is 5.27. The fraction of sp³-hybridized carbons (Fsp3) is 0.217. The average Bonchev–Trinajstić information content (AvgIpc) is 3.43. The van der Waals surface area contributed by atoms with E-state index in [-0.39, 0.29) is 17.2 Å². The molecule has 0 aliphatic carbocycles. The first-order valence-electron chi connectivity index (χ1n) is 10.6. The molecule has 5 rings (SSSR count). The number of rotatable bonds is 4. The molecule has 168 valence electrons.